The Hall–Kier alpha value is -2.30. The highest BCUT2D eigenvalue weighted by Crippen LogP contribution is 2.19. The number of aromatic nitrogens is 2. The molecule has 1 saturated heterocycles. The number of para-hydroxylation sites is 1. The molecular formula is C15H18N4O. The van der Waals surface area contributed by atoms with Crippen molar-refractivity contribution in [3.05, 3.63) is 48.5 Å². The molecule has 1 aliphatic rings. The Kier molecular flexibility index (Phi) is 3.41. The first kappa shape index (κ1) is 12.7. The second-order valence-electron chi connectivity index (χ2n) is 5.09. The van der Waals surface area contributed by atoms with Crippen LogP contribution in [-0.4, -0.2) is 46.5 Å². The van der Waals surface area contributed by atoms with Crippen LogP contribution in [0.4, 0.5) is 5.69 Å². The van der Waals surface area contributed by atoms with Crippen LogP contribution in [0.1, 0.15) is 17.4 Å². The van der Waals surface area contributed by atoms with Gasteiger partial charge < -0.3 is 14.8 Å². The van der Waals surface area contributed by atoms with Gasteiger partial charge in [-0.15, -0.1) is 0 Å². The lowest BCUT2D eigenvalue weighted by molar-refractivity contribution is 0.0668. The lowest BCUT2D eigenvalue weighted by Gasteiger charge is -2.40. The Balaban J connectivity index is 1.70. The quantitative estimate of drug-likeness (QED) is 0.904. The van der Waals surface area contributed by atoms with Gasteiger partial charge in [-0.2, -0.15) is 0 Å². The molecule has 1 aromatic carbocycles. The smallest absolute Gasteiger partial charge is 0.272 e. The van der Waals surface area contributed by atoms with Crippen LogP contribution in [0.15, 0.2) is 42.9 Å². The zero-order valence-corrected chi connectivity index (χ0v) is 11.5. The Morgan fingerprint density at radius 3 is 2.75 bits per heavy atom. The van der Waals surface area contributed by atoms with Crippen molar-refractivity contribution in [1.29, 1.82) is 0 Å². The van der Waals surface area contributed by atoms with Crippen LogP contribution in [-0.2, 0) is 0 Å². The maximum Gasteiger partial charge on any atom is 0.272 e. The molecule has 0 spiro atoms. The van der Waals surface area contributed by atoms with Gasteiger partial charge in [0.1, 0.15) is 5.69 Å². The summed E-state index contributed by atoms with van der Waals surface area (Å²) in [6.07, 6.45) is 3.12. The second kappa shape index (κ2) is 5.36. The van der Waals surface area contributed by atoms with Crippen LogP contribution in [0.25, 0.3) is 0 Å². The van der Waals surface area contributed by atoms with Crippen molar-refractivity contribution in [3.63, 3.8) is 0 Å². The summed E-state index contributed by atoms with van der Waals surface area (Å²) < 4.78 is 0. The molecule has 5 heteroatoms. The van der Waals surface area contributed by atoms with Crippen molar-refractivity contribution in [1.82, 2.24) is 14.9 Å². The van der Waals surface area contributed by atoms with E-state index in [0.717, 1.165) is 19.6 Å². The minimum atomic E-state index is 0.0303. The zero-order chi connectivity index (χ0) is 13.9. The van der Waals surface area contributed by atoms with E-state index < -0.39 is 0 Å². The van der Waals surface area contributed by atoms with Crippen LogP contribution in [0.2, 0.25) is 0 Å². The maximum atomic E-state index is 12.4. The Morgan fingerprint density at radius 1 is 1.30 bits per heavy atom. The Bertz CT molecular complexity index is 567. The standard InChI is InChI=1S/C15H18N4O/c1-12-10-18(13-5-3-2-4-6-13)7-8-19(12)15(20)14-9-16-11-17-14/h2-6,9,11-12H,7-8,10H2,1H3,(H,16,17). The number of hydrogen-bond acceptors (Lipinski definition) is 3. The number of nitrogens with one attached hydrogen (secondary N) is 1. The van der Waals surface area contributed by atoms with Crippen molar-refractivity contribution in [2.24, 2.45) is 0 Å². The van der Waals surface area contributed by atoms with Gasteiger partial charge in [0.2, 0.25) is 0 Å². The predicted octanol–water partition coefficient (Wildman–Crippen LogP) is 1.76. The number of amides is 1. The molecule has 1 N–H and O–H groups in total. The fourth-order valence-electron chi connectivity index (χ4n) is 2.66. The van der Waals surface area contributed by atoms with E-state index >= 15 is 0 Å². The highest BCUT2D eigenvalue weighted by atomic mass is 16.2. The molecule has 0 bridgehead atoms. The van der Waals surface area contributed by atoms with Crippen molar-refractivity contribution < 1.29 is 4.79 Å². The number of imidazole rings is 1. The van der Waals surface area contributed by atoms with Crippen LogP contribution in [0.3, 0.4) is 0 Å². The number of nitrogens with zero attached hydrogens (tertiary/aromatic N) is 3. The Morgan fingerprint density at radius 2 is 2.10 bits per heavy atom. The largest absolute Gasteiger partial charge is 0.368 e. The van der Waals surface area contributed by atoms with E-state index in [4.69, 9.17) is 0 Å². The third-order valence-electron chi connectivity index (χ3n) is 3.74. The molecule has 2 aromatic rings. The van der Waals surface area contributed by atoms with Crippen molar-refractivity contribution >= 4 is 11.6 Å². The molecule has 20 heavy (non-hydrogen) atoms. The molecule has 104 valence electrons. The van der Waals surface area contributed by atoms with E-state index in [0.29, 0.717) is 5.69 Å². The molecule has 3 rings (SSSR count). The number of carbonyl (C=O) groups excluding carboxylic acids is 1. The van der Waals surface area contributed by atoms with E-state index in [9.17, 15) is 4.79 Å². The number of benzene rings is 1. The molecule has 0 radical (unpaired) electrons. The molecule has 1 unspecified atom stereocenters. The first-order chi connectivity index (χ1) is 9.75. The van der Waals surface area contributed by atoms with E-state index in [2.05, 4.69) is 33.9 Å². The van der Waals surface area contributed by atoms with Gasteiger partial charge in [-0.3, -0.25) is 4.79 Å². The molecular weight excluding hydrogens is 252 g/mol. The highest BCUT2D eigenvalue weighted by molar-refractivity contribution is 5.92. The van der Waals surface area contributed by atoms with Crippen LogP contribution in [0, 0.1) is 0 Å². The monoisotopic (exact) mass is 270 g/mol. The summed E-state index contributed by atoms with van der Waals surface area (Å²) in [6, 6.07) is 10.5. The number of H-pyrrole nitrogens is 1. The SMILES string of the molecule is CC1CN(c2ccccc2)CCN1C(=O)c1cnc[nH]1. The molecule has 1 atom stereocenters. The molecule has 1 aromatic heterocycles. The summed E-state index contributed by atoms with van der Waals surface area (Å²) in [5.74, 6) is 0.0303. The lowest BCUT2D eigenvalue weighted by atomic mass is 10.1. The number of piperazine rings is 1. The van der Waals surface area contributed by atoms with Crippen molar-refractivity contribution in [3.8, 4) is 0 Å². The summed E-state index contributed by atoms with van der Waals surface area (Å²) in [7, 11) is 0. The molecule has 1 amide bonds. The second-order valence-corrected chi connectivity index (χ2v) is 5.09. The van der Waals surface area contributed by atoms with Gasteiger partial charge in [0.05, 0.1) is 12.5 Å². The first-order valence-electron chi connectivity index (χ1n) is 6.85. The molecule has 1 fully saturated rings. The topological polar surface area (TPSA) is 52.2 Å². The predicted molar refractivity (Wildman–Crippen MR) is 77.7 cm³/mol. The summed E-state index contributed by atoms with van der Waals surface area (Å²) in [4.78, 5) is 23.4. The van der Waals surface area contributed by atoms with Gasteiger partial charge >= 0.3 is 0 Å². The molecule has 5 nitrogen and oxygen atoms in total. The van der Waals surface area contributed by atoms with Gasteiger partial charge in [0.15, 0.2) is 0 Å². The summed E-state index contributed by atoms with van der Waals surface area (Å²) >= 11 is 0. The average molecular weight is 270 g/mol. The number of aromatic amines is 1. The van der Waals surface area contributed by atoms with Gasteiger partial charge in [0, 0.05) is 31.4 Å². The zero-order valence-electron chi connectivity index (χ0n) is 11.5. The molecule has 0 saturated carbocycles. The fraction of sp³-hybridized carbons (Fsp3) is 0.333. The maximum absolute atomic E-state index is 12.4. The van der Waals surface area contributed by atoms with Gasteiger partial charge in [-0.25, -0.2) is 4.98 Å². The molecule has 2 heterocycles. The normalized spacial score (nSPS) is 19.1. The highest BCUT2D eigenvalue weighted by Gasteiger charge is 2.28. The van der Waals surface area contributed by atoms with E-state index in [1.807, 2.05) is 23.1 Å². The molecule has 0 aliphatic carbocycles. The summed E-state index contributed by atoms with van der Waals surface area (Å²) in [5.41, 5.74) is 1.78. The summed E-state index contributed by atoms with van der Waals surface area (Å²) in [5, 5.41) is 0. The lowest BCUT2D eigenvalue weighted by Crippen LogP contribution is -2.54. The number of anilines is 1. The number of hydrogen-bond donors (Lipinski definition) is 1. The van der Waals surface area contributed by atoms with Gasteiger partial charge in [-0.1, -0.05) is 18.2 Å². The van der Waals surface area contributed by atoms with Crippen LogP contribution < -0.4 is 4.90 Å². The van der Waals surface area contributed by atoms with Crippen LogP contribution >= 0.6 is 0 Å². The summed E-state index contributed by atoms with van der Waals surface area (Å²) in [6.45, 7) is 4.52. The Labute approximate surface area is 118 Å². The van der Waals surface area contributed by atoms with Gasteiger partial charge in [-0.05, 0) is 19.1 Å². The third-order valence-corrected chi connectivity index (χ3v) is 3.74. The van der Waals surface area contributed by atoms with E-state index in [1.165, 1.54) is 12.0 Å². The minimum absolute atomic E-state index is 0.0303. The van der Waals surface area contributed by atoms with E-state index in [-0.39, 0.29) is 11.9 Å². The first-order valence-corrected chi connectivity index (χ1v) is 6.85. The fourth-order valence-corrected chi connectivity index (χ4v) is 2.66. The average Bonchev–Trinajstić information content (AvgIpc) is 3.01. The van der Waals surface area contributed by atoms with Crippen molar-refractivity contribution in [2.75, 3.05) is 24.5 Å². The number of rotatable bonds is 2. The van der Waals surface area contributed by atoms with E-state index in [1.54, 1.807) is 6.20 Å². The van der Waals surface area contributed by atoms with Gasteiger partial charge in [0.25, 0.3) is 5.91 Å². The number of carbonyl (C=O) groups is 1. The minimum Gasteiger partial charge on any atom is -0.368 e. The van der Waals surface area contributed by atoms with Crippen molar-refractivity contribution in [2.45, 2.75) is 13.0 Å². The molecule has 1 aliphatic heterocycles. The van der Waals surface area contributed by atoms with Crippen LogP contribution in [0.5, 0.6) is 0 Å². The third kappa shape index (κ3) is 2.39.